The summed E-state index contributed by atoms with van der Waals surface area (Å²) < 4.78 is 0. The molecule has 3 nitrogen and oxygen atoms in total. The van der Waals surface area contributed by atoms with Crippen molar-refractivity contribution in [3.05, 3.63) is 23.9 Å². The molecule has 3 heteroatoms. The Bertz CT molecular complexity index is 409. The van der Waals surface area contributed by atoms with Crippen molar-refractivity contribution < 1.29 is 0 Å². The molecule has 0 amide bonds. The van der Waals surface area contributed by atoms with Crippen LogP contribution in [0.4, 0.5) is 5.82 Å². The van der Waals surface area contributed by atoms with Crippen LogP contribution in [0, 0.1) is 0 Å². The molecular formula is C17H27N3. The van der Waals surface area contributed by atoms with Gasteiger partial charge in [0.25, 0.3) is 0 Å². The van der Waals surface area contributed by atoms with E-state index in [0.29, 0.717) is 12.1 Å². The van der Waals surface area contributed by atoms with Gasteiger partial charge in [-0.25, -0.2) is 4.98 Å². The topological polar surface area (TPSA) is 28.2 Å². The molecule has 1 atom stereocenters. The fraction of sp³-hybridized carbons (Fsp3) is 0.706. The second-order valence-electron chi connectivity index (χ2n) is 6.24. The van der Waals surface area contributed by atoms with E-state index in [-0.39, 0.29) is 0 Å². The summed E-state index contributed by atoms with van der Waals surface area (Å²) in [5.41, 5.74) is 1.39. The predicted molar refractivity (Wildman–Crippen MR) is 84.0 cm³/mol. The molecule has 1 saturated heterocycles. The van der Waals surface area contributed by atoms with Gasteiger partial charge in [-0.3, -0.25) is 4.90 Å². The van der Waals surface area contributed by atoms with Gasteiger partial charge in [-0.1, -0.05) is 32.3 Å². The van der Waals surface area contributed by atoms with Crippen LogP contribution in [-0.4, -0.2) is 29.0 Å². The minimum Gasteiger partial charge on any atom is -0.367 e. The van der Waals surface area contributed by atoms with Gasteiger partial charge in [0.15, 0.2) is 0 Å². The maximum absolute atomic E-state index is 4.65. The number of nitrogens with one attached hydrogen (secondary N) is 1. The van der Waals surface area contributed by atoms with Crippen LogP contribution in [-0.2, 0) is 0 Å². The van der Waals surface area contributed by atoms with Gasteiger partial charge in [0.2, 0.25) is 0 Å². The number of likely N-dealkylation sites (tertiary alicyclic amines) is 1. The molecule has 2 heterocycles. The van der Waals surface area contributed by atoms with Crippen molar-refractivity contribution in [3.63, 3.8) is 0 Å². The number of pyridine rings is 1. The van der Waals surface area contributed by atoms with Gasteiger partial charge >= 0.3 is 0 Å². The first-order valence-electron chi connectivity index (χ1n) is 8.33. The second kappa shape index (κ2) is 6.57. The van der Waals surface area contributed by atoms with Crippen molar-refractivity contribution in [2.45, 2.75) is 64.0 Å². The van der Waals surface area contributed by atoms with E-state index in [4.69, 9.17) is 0 Å². The first-order chi connectivity index (χ1) is 9.86. The number of piperidine rings is 1. The summed E-state index contributed by atoms with van der Waals surface area (Å²) in [5, 5.41) is 3.57. The van der Waals surface area contributed by atoms with E-state index in [2.05, 4.69) is 40.5 Å². The Balaban J connectivity index is 1.65. The standard InChI is InChI=1S/C17H27N3/c1-2-20-12-6-5-9-16(20)14-10-11-17(18-13-14)19-15-7-3-4-8-15/h10-11,13,15-16H,2-9,12H2,1H3,(H,18,19). The first kappa shape index (κ1) is 13.9. The molecule has 1 unspecified atom stereocenters. The van der Waals surface area contributed by atoms with Gasteiger partial charge in [0.05, 0.1) is 0 Å². The highest BCUT2D eigenvalue weighted by molar-refractivity contribution is 5.37. The monoisotopic (exact) mass is 273 g/mol. The summed E-state index contributed by atoms with van der Waals surface area (Å²) in [6.07, 6.45) is 11.4. The lowest BCUT2D eigenvalue weighted by atomic mass is 9.96. The second-order valence-corrected chi connectivity index (χ2v) is 6.24. The SMILES string of the molecule is CCN1CCCCC1c1ccc(NC2CCCC2)nc1. The Morgan fingerprint density at radius 3 is 2.65 bits per heavy atom. The summed E-state index contributed by atoms with van der Waals surface area (Å²) in [7, 11) is 0. The molecule has 1 aromatic rings. The number of nitrogens with zero attached hydrogens (tertiary/aromatic N) is 2. The fourth-order valence-electron chi connectivity index (χ4n) is 3.71. The van der Waals surface area contributed by atoms with Crippen molar-refractivity contribution in [3.8, 4) is 0 Å². The van der Waals surface area contributed by atoms with Crippen molar-refractivity contribution in [1.82, 2.24) is 9.88 Å². The highest BCUT2D eigenvalue weighted by Crippen LogP contribution is 2.30. The highest BCUT2D eigenvalue weighted by atomic mass is 15.2. The smallest absolute Gasteiger partial charge is 0.126 e. The zero-order valence-electron chi connectivity index (χ0n) is 12.6. The number of anilines is 1. The van der Waals surface area contributed by atoms with E-state index in [1.807, 2.05) is 0 Å². The average molecular weight is 273 g/mol. The van der Waals surface area contributed by atoms with Crippen LogP contribution in [0.3, 0.4) is 0 Å². The highest BCUT2D eigenvalue weighted by Gasteiger charge is 2.22. The zero-order chi connectivity index (χ0) is 13.8. The van der Waals surface area contributed by atoms with Crippen LogP contribution in [0.25, 0.3) is 0 Å². The van der Waals surface area contributed by atoms with E-state index >= 15 is 0 Å². The molecule has 3 rings (SSSR count). The maximum atomic E-state index is 4.65. The molecule has 2 fully saturated rings. The molecule has 1 N–H and O–H groups in total. The molecule has 0 aromatic carbocycles. The van der Waals surface area contributed by atoms with E-state index in [9.17, 15) is 0 Å². The van der Waals surface area contributed by atoms with Gasteiger partial charge in [-0.05, 0) is 50.4 Å². The molecule has 110 valence electrons. The van der Waals surface area contributed by atoms with Gasteiger partial charge in [0, 0.05) is 18.3 Å². The van der Waals surface area contributed by atoms with Crippen molar-refractivity contribution in [2.24, 2.45) is 0 Å². The van der Waals surface area contributed by atoms with Gasteiger partial charge < -0.3 is 5.32 Å². The van der Waals surface area contributed by atoms with E-state index in [0.717, 1.165) is 12.4 Å². The third-order valence-corrected chi connectivity index (χ3v) is 4.90. The van der Waals surface area contributed by atoms with E-state index < -0.39 is 0 Å². The van der Waals surface area contributed by atoms with Gasteiger partial charge in [-0.2, -0.15) is 0 Å². The van der Waals surface area contributed by atoms with E-state index in [1.165, 1.54) is 57.1 Å². The normalized spacial score (nSPS) is 24.9. The molecule has 2 aliphatic rings. The van der Waals surface area contributed by atoms with Crippen LogP contribution in [0.1, 0.15) is 63.5 Å². The Labute approximate surface area is 122 Å². The molecule has 0 spiro atoms. The largest absolute Gasteiger partial charge is 0.367 e. The summed E-state index contributed by atoms with van der Waals surface area (Å²) >= 11 is 0. The minimum atomic E-state index is 0.585. The Hall–Kier alpha value is -1.09. The van der Waals surface area contributed by atoms with Crippen LogP contribution >= 0.6 is 0 Å². The summed E-state index contributed by atoms with van der Waals surface area (Å²) in [6, 6.07) is 5.69. The Morgan fingerprint density at radius 2 is 1.95 bits per heavy atom. The van der Waals surface area contributed by atoms with Crippen LogP contribution in [0.15, 0.2) is 18.3 Å². The number of rotatable bonds is 4. The van der Waals surface area contributed by atoms with Crippen molar-refractivity contribution in [2.75, 3.05) is 18.4 Å². The Kier molecular flexibility index (Phi) is 4.56. The lowest BCUT2D eigenvalue weighted by molar-refractivity contribution is 0.157. The molecule has 1 aromatic heterocycles. The minimum absolute atomic E-state index is 0.585. The molecule has 1 saturated carbocycles. The third-order valence-electron chi connectivity index (χ3n) is 4.90. The van der Waals surface area contributed by atoms with E-state index in [1.54, 1.807) is 0 Å². The average Bonchev–Trinajstić information content (AvgIpc) is 3.01. The van der Waals surface area contributed by atoms with Crippen LogP contribution in [0.5, 0.6) is 0 Å². The van der Waals surface area contributed by atoms with Crippen LogP contribution in [0.2, 0.25) is 0 Å². The summed E-state index contributed by atoms with van der Waals surface area (Å²) in [4.78, 5) is 7.24. The number of aromatic nitrogens is 1. The first-order valence-corrected chi connectivity index (χ1v) is 8.33. The third kappa shape index (κ3) is 3.14. The molecular weight excluding hydrogens is 246 g/mol. The van der Waals surface area contributed by atoms with Gasteiger partial charge in [-0.15, -0.1) is 0 Å². The van der Waals surface area contributed by atoms with Gasteiger partial charge in [0.1, 0.15) is 5.82 Å². The summed E-state index contributed by atoms with van der Waals surface area (Å²) in [6.45, 7) is 4.65. The Morgan fingerprint density at radius 1 is 1.15 bits per heavy atom. The molecule has 0 radical (unpaired) electrons. The lowest BCUT2D eigenvalue weighted by Gasteiger charge is -2.35. The fourth-order valence-corrected chi connectivity index (χ4v) is 3.71. The lowest BCUT2D eigenvalue weighted by Crippen LogP contribution is -2.33. The van der Waals surface area contributed by atoms with Crippen LogP contribution < -0.4 is 5.32 Å². The van der Waals surface area contributed by atoms with Crippen molar-refractivity contribution in [1.29, 1.82) is 0 Å². The summed E-state index contributed by atoms with van der Waals surface area (Å²) in [5.74, 6) is 1.06. The maximum Gasteiger partial charge on any atom is 0.126 e. The molecule has 0 bridgehead atoms. The number of hydrogen-bond acceptors (Lipinski definition) is 3. The zero-order valence-corrected chi connectivity index (χ0v) is 12.6. The molecule has 1 aliphatic heterocycles. The van der Waals surface area contributed by atoms with Crippen molar-refractivity contribution >= 4 is 5.82 Å². The quantitative estimate of drug-likeness (QED) is 0.899. The predicted octanol–water partition coefficient (Wildman–Crippen LogP) is 3.98. The molecule has 20 heavy (non-hydrogen) atoms. The molecule has 1 aliphatic carbocycles. The number of hydrogen-bond donors (Lipinski definition) is 1.